The topological polar surface area (TPSA) is 89.2 Å². The van der Waals surface area contributed by atoms with Crippen molar-refractivity contribution in [1.29, 1.82) is 0 Å². The maximum Gasteiger partial charge on any atom is 0.276 e. The van der Waals surface area contributed by atoms with E-state index in [1.54, 1.807) is 28.9 Å². The van der Waals surface area contributed by atoms with Crippen molar-refractivity contribution < 1.29 is 8.42 Å². The third-order valence-electron chi connectivity index (χ3n) is 5.48. The summed E-state index contributed by atoms with van der Waals surface area (Å²) >= 11 is 0. The molecule has 3 rings (SSSR count). The number of hydrazone groups is 1. The summed E-state index contributed by atoms with van der Waals surface area (Å²) in [4.78, 5) is 2.62. The van der Waals surface area contributed by atoms with Crippen LogP contribution in [0.1, 0.15) is 63.9 Å². The predicted molar refractivity (Wildman–Crippen MR) is 129 cm³/mol. The van der Waals surface area contributed by atoms with E-state index in [4.69, 9.17) is 0 Å². The Balaban J connectivity index is 1.69. The Hall–Kier alpha value is -2.74. The summed E-state index contributed by atoms with van der Waals surface area (Å²) in [6, 6.07) is 14.5. The van der Waals surface area contributed by atoms with Gasteiger partial charge in [0.2, 0.25) is 0 Å². The fourth-order valence-corrected chi connectivity index (χ4v) is 4.41. The summed E-state index contributed by atoms with van der Waals surface area (Å²) < 4.78 is 27.1. The van der Waals surface area contributed by atoms with Crippen LogP contribution in [0.15, 0.2) is 58.5 Å². The molecular formula is C24H33N5O2S. The van der Waals surface area contributed by atoms with Crippen LogP contribution in [-0.2, 0) is 16.6 Å². The van der Waals surface area contributed by atoms with Crippen LogP contribution in [0.4, 0.5) is 0 Å². The molecule has 0 aliphatic heterocycles. The number of benzene rings is 2. The van der Waals surface area contributed by atoms with Crippen LogP contribution in [0.3, 0.4) is 0 Å². The van der Waals surface area contributed by atoms with Crippen LogP contribution in [0.5, 0.6) is 0 Å². The number of rotatable bonds is 13. The van der Waals surface area contributed by atoms with E-state index >= 15 is 0 Å². The van der Waals surface area contributed by atoms with Gasteiger partial charge in [0.15, 0.2) is 0 Å². The number of unbranched alkanes of at least 4 members (excludes halogenated alkanes) is 6. The van der Waals surface area contributed by atoms with Crippen molar-refractivity contribution in [3.63, 3.8) is 0 Å². The molecule has 7 nitrogen and oxygen atoms in total. The molecule has 0 aliphatic carbocycles. The second kappa shape index (κ2) is 11.8. The van der Waals surface area contributed by atoms with E-state index in [1.165, 1.54) is 32.1 Å². The maximum absolute atomic E-state index is 12.7. The fraction of sp³-hybridized carbons (Fsp3) is 0.458. The first-order valence-corrected chi connectivity index (χ1v) is 12.9. The largest absolute Gasteiger partial charge is 0.276 e. The lowest BCUT2D eigenvalue weighted by atomic mass is 10.1. The summed E-state index contributed by atoms with van der Waals surface area (Å²) in [5, 5.41) is 12.7. The van der Waals surface area contributed by atoms with Gasteiger partial charge >= 0.3 is 0 Å². The minimum atomic E-state index is -3.72. The lowest BCUT2D eigenvalue weighted by Gasteiger charge is -2.10. The van der Waals surface area contributed by atoms with Gasteiger partial charge in [-0.25, -0.2) is 9.51 Å². The molecule has 2 aromatic carbocycles. The quantitative estimate of drug-likeness (QED) is 0.217. The van der Waals surface area contributed by atoms with E-state index in [-0.39, 0.29) is 4.90 Å². The molecule has 172 valence electrons. The highest BCUT2D eigenvalue weighted by Gasteiger charge is 2.14. The van der Waals surface area contributed by atoms with Gasteiger partial charge in [-0.2, -0.15) is 13.5 Å². The van der Waals surface area contributed by atoms with E-state index in [0.717, 1.165) is 35.2 Å². The SMILES string of the molecule is CCCCCCCCC/C(Cn1nnc2ccccc21)=N\NS(=O)(=O)c1ccc(C)cc1. The number of aryl methyl sites for hydroxylation is 1. The van der Waals surface area contributed by atoms with E-state index in [9.17, 15) is 8.42 Å². The summed E-state index contributed by atoms with van der Waals surface area (Å²) in [6.45, 7) is 4.53. The normalized spacial score (nSPS) is 12.4. The minimum Gasteiger partial charge on any atom is -0.239 e. The molecule has 0 radical (unpaired) electrons. The predicted octanol–water partition coefficient (Wildman–Crippen LogP) is 5.21. The molecular weight excluding hydrogens is 422 g/mol. The number of aromatic nitrogens is 3. The Morgan fingerprint density at radius 3 is 2.41 bits per heavy atom. The smallest absolute Gasteiger partial charge is 0.239 e. The standard InChI is InChI=1S/C24H33N5O2S/c1-3-4-5-6-7-8-9-12-21(19-29-24-14-11-10-13-23(24)26-27-29)25-28-32(30,31)22-17-15-20(2)16-18-22/h10-11,13-18,28H,3-9,12,19H2,1-2H3/b25-21+. The molecule has 0 aliphatic rings. The molecule has 8 heteroatoms. The Labute approximate surface area is 191 Å². The van der Waals surface area contributed by atoms with Gasteiger partial charge in [-0.3, -0.25) is 0 Å². The van der Waals surface area contributed by atoms with Crippen LogP contribution in [0.25, 0.3) is 11.0 Å². The molecule has 1 N–H and O–H groups in total. The second-order valence-corrected chi connectivity index (χ2v) is 9.85. The second-order valence-electron chi connectivity index (χ2n) is 8.19. The number of nitrogens with one attached hydrogen (secondary N) is 1. The number of hydrogen-bond donors (Lipinski definition) is 1. The number of nitrogens with zero attached hydrogens (tertiary/aromatic N) is 4. The molecule has 0 unspecified atom stereocenters. The monoisotopic (exact) mass is 455 g/mol. The molecule has 1 aromatic heterocycles. The fourth-order valence-electron chi connectivity index (χ4n) is 3.56. The molecule has 0 fully saturated rings. The van der Waals surface area contributed by atoms with Crippen LogP contribution < -0.4 is 4.83 Å². The molecule has 0 spiro atoms. The van der Waals surface area contributed by atoms with E-state index in [2.05, 4.69) is 27.2 Å². The molecule has 32 heavy (non-hydrogen) atoms. The minimum absolute atomic E-state index is 0.202. The van der Waals surface area contributed by atoms with Crippen molar-refractivity contribution in [1.82, 2.24) is 19.8 Å². The average Bonchev–Trinajstić information content (AvgIpc) is 3.20. The third kappa shape index (κ3) is 6.88. The van der Waals surface area contributed by atoms with Crippen molar-refractivity contribution in [3.8, 4) is 0 Å². The van der Waals surface area contributed by atoms with Gasteiger partial charge in [0.1, 0.15) is 5.52 Å². The van der Waals surface area contributed by atoms with Gasteiger partial charge in [-0.15, -0.1) is 5.10 Å². The van der Waals surface area contributed by atoms with Crippen LogP contribution in [0, 0.1) is 6.92 Å². The average molecular weight is 456 g/mol. The summed E-state index contributed by atoms with van der Waals surface area (Å²) in [5.41, 5.74) is 3.46. The van der Waals surface area contributed by atoms with Gasteiger partial charge in [-0.1, -0.05) is 80.5 Å². The third-order valence-corrected chi connectivity index (χ3v) is 6.70. The van der Waals surface area contributed by atoms with Crippen LogP contribution >= 0.6 is 0 Å². The van der Waals surface area contributed by atoms with Crippen LogP contribution in [0.2, 0.25) is 0 Å². The van der Waals surface area contributed by atoms with Crippen molar-refractivity contribution in [3.05, 3.63) is 54.1 Å². The first-order valence-electron chi connectivity index (χ1n) is 11.4. The Kier molecular flexibility index (Phi) is 8.79. The summed E-state index contributed by atoms with van der Waals surface area (Å²) in [6.07, 6.45) is 9.01. The van der Waals surface area contributed by atoms with Crippen molar-refractivity contribution in [2.24, 2.45) is 5.10 Å². The molecule has 0 amide bonds. The zero-order valence-corrected chi connectivity index (χ0v) is 19.8. The Morgan fingerprint density at radius 1 is 0.969 bits per heavy atom. The highest BCUT2D eigenvalue weighted by molar-refractivity contribution is 7.89. The number of sulfonamides is 1. The lowest BCUT2D eigenvalue weighted by Crippen LogP contribution is -2.22. The van der Waals surface area contributed by atoms with Gasteiger partial charge in [0.25, 0.3) is 10.0 Å². The van der Waals surface area contributed by atoms with E-state index in [0.29, 0.717) is 13.0 Å². The first kappa shape index (κ1) is 23.9. The molecule has 0 saturated carbocycles. The molecule has 1 heterocycles. The zero-order valence-electron chi connectivity index (χ0n) is 19.0. The van der Waals surface area contributed by atoms with E-state index in [1.807, 2.05) is 31.2 Å². The zero-order chi connectivity index (χ0) is 22.8. The Morgan fingerprint density at radius 2 is 1.66 bits per heavy atom. The molecule has 3 aromatic rings. The number of fused-ring (bicyclic) bond motifs is 1. The number of para-hydroxylation sites is 1. The van der Waals surface area contributed by atoms with Crippen molar-refractivity contribution in [2.75, 3.05) is 0 Å². The maximum atomic E-state index is 12.7. The van der Waals surface area contributed by atoms with Gasteiger partial charge in [0, 0.05) is 0 Å². The van der Waals surface area contributed by atoms with Crippen molar-refractivity contribution >= 4 is 26.8 Å². The lowest BCUT2D eigenvalue weighted by molar-refractivity contribution is 0.581. The first-order chi connectivity index (χ1) is 15.5. The van der Waals surface area contributed by atoms with Crippen molar-refractivity contribution in [2.45, 2.75) is 76.7 Å². The Bertz CT molecular complexity index is 1120. The molecule has 0 bridgehead atoms. The highest BCUT2D eigenvalue weighted by Crippen LogP contribution is 2.14. The highest BCUT2D eigenvalue weighted by atomic mass is 32.2. The van der Waals surface area contributed by atoms with Gasteiger partial charge in [0.05, 0.1) is 22.7 Å². The van der Waals surface area contributed by atoms with Crippen LogP contribution in [-0.4, -0.2) is 29.1 Å². The van der Waals surface area contributed by atoms with Gasteiger partial charge in [-0.05, 0) is 44.0 Å². The van der Waals surface area contributed by atoms with E-state index < -0.39 is 10.0 Å². The summed E-state index contributed by atoms with van der Waals surface area (Å²) in [5.74, 6) is 0. The number of hydrogen-bond acceptors (Lipinski definition) is 5. The molecule has 0 saturated heterocycles. The molecule has 0 atom stereocenters. The summed E-state index contributed by atoms with van der Waals surface area (Å²) in [7, 11) is -3.72. The van der Waals surface area contributed by atoms with Gasteiger partial charge < -0.3 is 0 Å².